The molecular formula is C34H40N4O4. The van der Waals surface area contributed by atoms with Gasteiger partial charge in [0.25, 0.3) is 5.91 Å². The van der Waals surface area contributed by atoms with Crippen LogP contribution in [0.3, 0.4) is 0 Å². The van der Waals surface area contributed by atoms with Crippen LogP contribution in [0.25, 0.3) is 11.1 Å². The highest BCUT2D eigenvalue weighted by atomic mass is 16.7. The smallest absolute Gasteiger partial charge is 0.255 e. The lowest BCUT2D eigenvalue weighted by atomic mass is 9.97. The van der Waals surface area contributed by atoms with Gasteiger partial charge in [-0.05, 0) is 97.7 Å². The molecule has 3 N–H and O–H groups in total. The Morgan fingerprint density at radius 3 is 2.52 bits per heavy atom. The molecular weight excluding hydrogens is 528 g/mol. The van der Waals surface area contributed by atoms with Gasteiger partial charge >= 0.3 is 0 Å². The zero-order valence-corrected chi connectivity index (χ0v) is 24.3. The van der Waals surface area contributed by atoms with Crippen molar-refractivity contribution in [1.82, 2.24) is 4.90 Å². The van der Waals surface area contributed by atoms with Gasteiger partial charge in [0, 0.05) is 37.7 Å². The van der Waals surface area contributed by atoms with Crippen molar-refractivity contribution in [2.75, 3.05) is 43.2 Å². The van der Waals surface area contributed by atoms with E-state index in [1.54, 1.807) is 18.2 Å². The number of hydrogen-bond acceptors (Lipinski definition) is 6. The number of rotatable bonds is 10. The number of piperidine rings is 1. The van der Waals surface area contributed by atoms with Crippen molar-refractivity contribution in [2.45, 2.75) is 45.6 Å². The number of carbonyl (C=O) groups excluding carboxylic acids is 2. The molecule has 0 spiro atoms. The number of fused-ring (bicyclic) bond motifs is 1. The number of carbonyl (C=O) groups is 2. The molecule has 0 aromatic heterocycles. The van der Waals surface area contributed by atoms with Crippen LogP contribution in [0.1, 0.15) is 54.9 Å². The van der Waals surface area contributed by atoms with E-state index in [2.05, 4.69) is 53.5 Å². The lowest BCUT2D eigenvalue weighted by Crippen LogP contribution is -2.33. The fourth-order valence-corrected chi connectivity index (χ4v) is 5.78. The van der Waals surface area contributed by atoms with Crippen LogP contribution in [-0.2, 0) is 11.3 Å². The molecule has 3 aromatic carbocycles. The van der Waals surface area contributed by atoms with E-state index in [0.717, 1.165) is 73.3 Å². The minimum Gasteiger partial charge on any atom is -0.454 e. The van der Waals surface area contributed by atoms with Gasteiger partial charge in [0.1, 0.15) is 0 Å². The largest absolute Gasteiger partial charge is 0.454 e. The maximum Gasteiger partial charge on any atom is 0.255 e. The third kappa shape index (κ3) is 6.39. The van der Waals surface area contributed by atoms with Crippen molar-refractivity contribution in [3.63, 3.8) is 0 Å². The molecule has 1 aliphatic carbocycles. The number of benzene rings is 3. The van der Waals surface area contributed by atoms with Crippen molar-refractivity contribution in [3.8, 4) is 22.6 Å². The Morgan fingerprint density at radius 1 is 0.952 bits per heavy atom. The quantitative estimate of drug-likeness (QED) is 0.328. The van der Waals surface area contributed by atoms with E-state index in [1.165, 1.54) is 0 Å². The predicted molar refractivity (Wildman–Crippen MR) is 165 cm³/mol. The first-order valence-corrected chi connectivity index (χ1v) is 15.2. The van der Waals surface area contributed by atoms with Gasteiger partial charge in [-0.3, -0.25) is 9.59 Å². The molecule has 2 heterocycles. The van der Waals surface area contributed by atoms with Crippen LogP contribution < -0.4 is 25.4 Å². The molecule has 1 saturated heterocycles. The van der Waals surface area contributed by atoms with Crippen molar-refractivity contribution in [1.29, 1.82) is 0 Å². The maximum absolute atomic E-state index is 13.5. The molecule has 3 aromatic rings. The first-order chi connectivity index (χ1) is 20.5. The Kier molecular flexibility index (Phi) is 8.33. The second kappa shape index (κ2) is 12.4. The fourth-order valence-electron chi connectivity index (χ4n) is 5.78. The maximum atomic E-state index is 13.5. The van der Waals surface area contributed by atoms with Crippen LogP contribution in [0.15, 0.2) is 60.7 Å². The predicted octanol–water partition coefficient (Wildman–Crippen LogP) is 5.66. The van der Waals surface area contributed by atoms with E-state index in [4.69, 9.17) is 15.2 Å². The Hall–Kier alpha value is -4.04. The topological polar surface area (TPSA) is 97.1 Å². The van der Waals surface area contributed by atoms with Crippen molar-refractivity contribution < 1.29 is 19.1 Å². The summed E-state index contributed by atoms with van der Waals surface area (Å²) in [4.78, 5) is 30.7. The van der Waals surface area contributed by atoms with Gasteiger partial charge in [-0.25, -0.2) is 0 Å². The number of nitrogens with zero attached hydrogens (tertiary/aromatic N) is 2. The van der Waals surface area contributed by atoms with Crippen LogP contribution in [0, 0.1) is 11.8 Å². The molecule has 3 aliphatic rings. The molecule has 0 unspecified atom stereocenters. The van der Waals surface area contributed by atoms with Gasteiger partial charge in [-0.15, -0.1) is 0 Å². The average Bonchev–Trinajstić information content (AvgIpc) is 3.76. The summed E-state index contributed by atoms with van der Waals surface area (Å²) < 4.78 is 10.9. The van der Waals surface area contributed by atoms with E-state index in [9.17, 15) is 9.59 Å². The molecule has 6 rings (SSSR count). The Morgan fingerprint density at radius 2 is 1.74 bits per heavy atom. The van der Waals surface area contributed by atoms with Gasteiger partial charge < -0.3 is 30.3 Å². The Balaban J connectivity index is 1.27. The SMILES string of the molecule is CC1CCN(c2ccc(-c3cccc(CN(CCCN)C(=O)C4CC4)c3)cc2NC(=O)c2ccc3c(c2)OCO3)CC1. The second-order valence-electron chi connectivity index (χ2n) is 11.8. The zero-order chi connectivity index (χ0) is 29.1. The third-order valence-electron chi connectivity index (χ3n) is 8.51. The zero-order valence-electron chi connectivity index (χ0n) is 24.3. The molecule has 42 heavy (non-hydrogen) atoms. The molecule has 8 heteroatoms. The van der Waals surface area contributed by atoms with Gasteiger partial charge in [-0.2, -0.15) is 0 Å². The minimum atomic E-state index is -0.194. The fraction of sp³-hybridized carbons (Fsp3) is 0.412. The summed E-state index contributed by atoms with van der Waals surface area (Å²) in [6.07, 6.45) is 5.02. The van der Waals surface area contributed by atoms with Crippen molar-refractivity contribution in [3.05, 3.63) is 71.8 Å². The van der Waals surface area contributed by atoms with Gasteiger partial charge in [-0.1, -0.05) is 31.2 Å². The monoisotopic (exact) mass is 568 g/mol. The summed E-state index contributed by atoms with van der Waals surface area (Å²) in [5.41, 5.74) is 11.2. The van der Waals surface area contributed by atoms with Crippen molar-refractivity contribution >= 4 is 23.2 Å². The molecule has 220 valence electrons. The van der Waals surface area contributed by atoms with Gasteiger partial charge in [0.15, 0.2) is 11.5 Å². The molecule has 0 atom stereocenters. The highest BCUT2D eigenvalue weighted by Crippen LogP contribution is 2.37. The molecule has 0 bridgehead atoms. The van der Waals surface area contributed by atoms with Gasteiger partial charge in [0.2, 0.25) is 12.7 Å². The summed E-state index contributed by atoms with van der Waals surface area (Å²) in [5, 5.41) is 3.20. The first kappa shape index (κ1) is 28.1. The Labute approximate surface area is 247 Å². The van der Waals surface area contributed by atoms with Crippen LogP contribution in [-0.4, -0.2) is 49.7 Å². The van der Waals surface area contributed by atoms with E-state index < -0.39 is 0 Å². The normalized spacial score (nSPS) is 16.4. The summed E-state index contributed by atoms with van der Waals surface area (Å²) in [5.74, 6) is 2.15. The molecule has 0 radical (unpaired) electrons. The van der Waals surface area contributed by atoms with Crippen LogP contribution in [0.4, 0.5) is 11.4 Å². The third-order valence-corrected chi connectivity index (χ3v) is 8.51. The average molecular weight is 569 g/mol. The standard InChI is InChI=1S/C34H40N4O4/c1-23-12-16-37(17-13-23)30-10-8-27(19-29(30)36-33(39)28-9-11-31-32(20-28)42-22-41-31)26-5-2-4-24(18-26)21-38(15-3-14-35)34(40)25-6-7-25/h2,4-5,8-11,18-20,23,25H,3,6-7,12-17,21-22,35H2,1H3,(H,36,39). The first-order valence-electron chi connectivity index (χ1n) is 15.2. The number of nitrogens with one attached hydrogen (secondary N) is 1. The number of anilines is 2. The summed E-state index contributed by atoms with van der Waals surface area (Å²) in [6.45, 7) is 6.19. The number of nitrogens with two attached hydrogens (primary N) is 1. The van der Waals surface area contributed by atoms with E-state index in [1.807, 2.05) is 11.0 Å². The van der Waals surface area contributed by atoms with Gasteiger partial charge in [0.05, 0.1) is 11.4 Å². The van der Waals surface area contributed by atoms with Crippen molar-refractivity contribution in [2.24, 2.45) is 17.6 Å². The van der Waals surface area contributed by atoms with E-state index in [-0.39, 0.29) is 24.5 Å². The molecule has 8 nitrogen and oxygen atoms in total. The lowest BCUT2D eigenvalue weighted by molar-refractivity contribution is -0.133. The summed E-state index contributed by atoms with van der Waals surface area (Å²) in [6, 6.07) is 19.9. The number of hydrogen-bond donors (Lipinski definition) is 2. The van der Waals surface area contributed by atoms with E-state index >= 15 is 0 Å². The van der Waals surface area contributed by atoms with Crippen LogP contribution in [0.2, 0.25) is 0 Å². The molecule has 2 amide bonds. The summed E-state index contributed by atoms with van der Waals surface area (Å²) in [7, 11) is 0. The Bertz CT molecular complexity index is 1450. The highest BCUT2D eigenvalue weighted by molar-refractivity contribution is 6.06. The van der Waals surface area contributed by atoms with Crippen LogP contribution >= 0.6 is 0 Å². The number of amides is 2. The van der Waals surface area contributed by atoms with E-state index in [0.29, 0.717) is 42.6 Å². The second-order valence-corrected chi connectivity index (χ2v) is 11.8. The minimum absolute atomic E-state index is 0.165. The lowest BCUT2D eigenvalue weighted by Gasteiger charge is -2.33. The molecule has 2 fully saturated rings. The molecule has 2 aliphatic heterocycles. The van der Waals surface area contributed by atoms with Crippen LogP contribution in [0.5, 0.6) is 11.5 Å². The highest BCUT2D eigenvalue weighted by Gasteiger charge is 2.33. The number of ether oxygens (including phenoxy) is 2. The molecule has 1 saturated carbocycles. The summed E-state index contributed by atoms with van der Waals surface area (Å²) >= 11 is 0.